The molecule has 0 unspecified atom stereocenters. The van der Waals surface area contributed by atoms with Gasteiger partial charge in [0.2, 0.25) is 5.09 Å². The SMILES string of the molecule is COCCOCC(=O)N(C1CC2(CC(c3nc4cc(Cl)ccc4o3)C2)C1)S(=O)(=O)c1ccc(C(N)=O)o1. The van der Waals surface area contributed by atoms with Gasteiger partial charge in [-0.25, -0.2) is 9.29 Å². The Morgan fingerprint density at radius 2 is 1.92 bits per heavy atom. The number of amides is 2. The number of oxazole rings is 1. The number of carbonyl (C=O) groups excluding carboxylic acids is 2. The molecule has 2 aliphatic rings. The molecule has 0 aliphatic heterocycles. The van der Waals surface area contributed by atoms with E-state index in [2.05, 4.69) is 4.98 Å². The van der Waals surface area contributed by atoms with Crippen LogP contribution in [0.3, 0.4) is 0 Å². The molecule has 2 aliphatic carbocycles. The van der Waals surface area contributed by atoms with E-state index in [9.17, 15) is 18.0 Å². The number of nitrogens with two attached hydrogens (primary N) is 1. The number of hydrogen-bond acceptors (Lipinski definition) is 9. The molecule has 2 aromatic heterocycles. The molecule has 1 aromatic carbocycles. The monoisotopic (exact) mass is 551 g/mol. The Kier molecular flexibility index (Phi) is 6.77. The number of ether oxygens (including phenoxy) is 2. The van der Waals surface area contributed by atoms with Crippen molar-refractivity contribution in [3.8, 4) is 0 Å². The second-order valence-corrected chi connectivity index (χ2v) is 11.7. The van der Waals surface area contributed by atoms with Gasteiger partial charge in [0.05, 0.1) is 13.2 Å². The van der Waals surface area contributed by atoms with Crippen LogP contribution in [-0.2, 0) is 24.3 Å². The van der Waals surface area contributed by atoms with Gasteiger partial charge in [0.25, 0.3) is 21.8 Å². The highest BCUT2D eigenvalue weighted by Crippen LogP contribution is 2.63. The lowest BCUT2D eigenvalue weighted by Crippen LogP contribution is -2.59. The number of furan rings is 1. The lowest BCUT2D eigenvalue weighted by molar-refractivity contribution is -0.139. The average Bonchev–Trinajstić information content (AvgIpc) is 3.44. The molecule has 2 N–H and O–H groups in total. The van der Waals surface area contributed by atoms with Crippen molar-refractivity contribution in [3.05, 3.63) is 47.0 Å². The lowest BCUT2D eigenvalue weighted by Gasteiger charge is -2.58. The summed E-state index contributed by atoms with van der Waals surface area (Å²) in [6, 6.07) is 6.99. The van der Waals surface area contributed by atoms with Crippen LogP contribution >= 0.6 is 11.6 Å². The van der Waals surface area contributed by atoms with Gasteiger partial charge in [-0.2, -0.15) is 8.42 Å². The first-order chi connectivity index (χ1) is 17.6. The summed E-state index contributed by atoms with van der Waals surface area (Å²) in [5.41, 5.74) is 6.44. The quantitative estimate of drug-likeness (QED) is 0.374. The molecule has 198 valence electrons. The number of nitrogens with zero attached hydrogens (tertiary/aromatic N) is 2. The van der Waals surface area contributed by atoms with E-state index in [1.54, 1.807) is 18.2 Å². The fourth-order valence-electron chi connectivity index (χ4n) is 5.28. The van der Waals surface area contributed by atoms with Gasteiger partial charge in [0.1, 0.15) is 12.1 Å². The molecular formula is C24H26ClN3O8S. The van der Waals surface area contributed by atoms with Crippen LogP contribution in [0.1, 0.15) is 48.0 Å². The van der Waals surface area contributed by atoms with E-state index >= 15 is 0 Å². The minimum absolute atomic E-state index is 0.105. The third kappa shape index (κ3) is 4.86. The van der Waals surface area contributed by atoms with Crippen molar-refractivity contribution in [3.63, 3.8) is 0 Å². The Hall–Kier alpha value is -2.93. The van der Waals surface area contributed by atoms with Crippen LogP contribution < -0.4 is 5.73 Å². The van der Waals surface area contributed by atoms with Gasteiger partial charge in [-0.15, -0.1) is 0 Å². The lowest BCUT2D eigenvalue weighted by atomic mass is 9.50. The Morgan fingerprint density at radius 1 is 1.16 bits per heavy atom. The summed E-state index contributed by atoms with van der Waals surface area (Å²) in [6.07, 6.45) is 2.51. The molecule has 0 bridgehead atoms. The number of primary amides is 1. The standard InChI is InChI=1S/C24H26ClN3O8S/c1-33-6-7-34-13-20(29)28(37(31,32)21-5-4-19(35-21)22(26)30)16-11-24(12-16)9-14(10-24)23-27-17-8-15(25)2-3-18(17)36-23/h2-5,8,14,16H,6-7,9-13H2,1H3,(H2,26,30). The molecule has 0 saturated heterocycles. The zero-order chi connectivity index (χ0) is 26.4. The van der Waals surface area contributed by atoms with Gasteiger partial charge in [-0.1, -0.05) is 11.6 Å². The molecule has 2 heterocycles. The largest absolute Gasteiger partial charge is 0.440 e. The maximum Gasteiger partial charge on any atom is 0.300 e. The molecule has 37 heavy (non-hydrogen) atoms. The molecule has 5 rings (SSSR count). The third-order valence-corrected chi connectivity index (χ3v) is 8.97. The van der Waals surface area contributed by atoms with Crippen LogP contribution in [0.25, 0.3) is 11.1 Å². The zero-order valence-corrected chi connectivity index (χ0v) is 21.6. The van der Waals surface area contributed by atoms with E-state index in [4.69, 9.17) is 35.6 Å². The Balaban J connectivity index is 1.29. The number of rotatable bonds is 10. The van der Waals surface area contributed by atoms with Gasteiger partial charge in [-0.05, 0) is 61.4 Å². The molecule has 1 spiro atoms. The number of aromatic nitrogens is 1. The van der Waals surface area contributed by atoms with Crippen LogP contribution in [0.2, 0.25) is 5.02 Å². The minimum atomic E-state index is -4.38. The Morgan fingerprint density at radius 3 is 2.59 bits per heavy atom. The number of benzene rings is 1. The first-order valence-electron chi connectivity index (χ1n) is 11.7. The van der Waals surface area contributed by atoms with E-state index < -0.39 is 39.6 Å². The first-order valence-corrected chi connectivity index (χ1v) is 13.5. The molecule has 0 atom stereocenters. The van der Waals surface area contributed by atoms with Crippen molar-refractivity contribution in [2.45, 2.75) is 42.7 Å². The molecule has 2 amide bonds. The molecule has 11 nitrogen and oxygen atoms in total. The molecule has 13 heteroatoms. The molecule has 2 saturated carbocycles. The normalized spacial score (nSPS) is 23.1. The topological polar surface area (TPSA) is 155 Å². The summed E-state index contributed by atoms with van der Waals surface area (Å²) in [6.45, 7) is -0.0472. The smallest absolute Gasteiger partial charge is 0.300 e. The van der Waals surface area contributed by atoms with Crippen LogP contribution in [0.5, 0.6) is 0 Å². The number of fused-ring (bicyclic) bond motifs is 1. The highest BCUT2D eigenvalue weighted by atomic mass is 35.5. The van der Waals surface area contributed by atoms with Crippen LogP contribution in [-0.4, -0.2) is 62.5 Å². The van der Waals surface area contributed by atoms with E-state index in [-0.39, 0.29) is 30.3 Å². The Labute approximate surface area is 217 Å². The molecular weight excluding hydrogens is 526 g/mol. The average molecular weight is 552 g/mol. The predicted molar refractivity (Wildman–Crippen MR) is 130 cm³/mol. The summed E-state index contributed by atoms with van der Waals surface area (Å²) >= 11 is 6.04. The maximum absolute atomic E-state index is 13.4. The predicted octanol–water partition coefficient (Wildman–Crippen LogP) is 3.08. The number of sulfonamides is 1. The van der Waals surface area contributed by atoms with Gasteiger partial charge in [-0.3, -0.25) is 9.59 Å². The summed E-state index contributed by atoms with van der Waals surface area (Å²) in [5.74, 6) is -1.21. The molecule has 0 radical (unpaired) electrons. The van der Waals surface area contributed by atoms with Crippen molar-refractivity contribution in [2.75, 3.05) is 26.9 Å². The highest BCUT2D eigenvalue weighted by Gasteiger charge is 2.58. The second kappa shape index (κ2) is 9.75. The van der Waals surface area contributed by atoms with Gasteiger partial charge >= 0.3 is 0 Å². The second-order valence-electron chi connectivity index (χ2n) is 9.55. The van der Waals surface area contributed by atoms with Crippen molar-refractivity contribution < 1.29 is 36.3 Å². The van der Waals surface area contributed by atoms with E-state index in [0.29, 0.717) is 34.9 Å². The van der Waals surface area contributed by atoms with Crippen molar-refractivity contribution >= 4 is 44.5 Å². The van der Waals surface area contributed by atoms with Crippen LogP contribution in [0, 0.1) is 5.41 Å². The van der Waals surface area contributed by atoms with Crippen molar-refractivity contribution in [1.82, 2.24) is 9.29 Å². The zero-order valence-electron chi connectivity index (χ0n) is 20.0. The van der Waals surface area contributed by atoms with Gasteiger partial charge in [0, 0.05) is 24.1 Å². The Bertz CT molecular complexity index is 1440. The minimum Gasteiger partial charge on any atom is -0.440 e. The fraction of sp³-hybridized carbons (Fsp3) is 0.458. The van der Waals surface area contributed by atoms with E-state index in [0.717, 1.165) is 23.2 Å². The van der Waals surface area contributed by atoms with Gasteiger partial charge in [0.15, 0.2) is 17.2 Å². The number of carbonyl (C=O) groups is 2. The van der Waals surface area contributed by atoms with E-state index in [1.165, 1.54) is 13.2 Å². The van der Waals surface area contributed by atoms with E-state index in [1.807, 2.05) is 0 Å². The van der Waals surface area contributed by atoms with Crippen LogP contribution in [0.4, 0.5) is 0 Å². The van der Waals surface area contributed by atoms with Crippen molar-refractivity contribution in [2.24, 2.45) is 11.1 Å². The molecule has 2 fully saturated rings. The summed E-state index contributed by atoms with van der Waals surface area (Å²) in [5, 5.41) is 0.0556. The fourth-order valence-corrected chi connectivity index (χ4v) is 6.94. The maximum atomic E-state index is 13.4. The summed E-state index contributed by atoms with van der Waals surface area (Å²) in [4.78, 5) is 29.0. The van der Waals surface area contributed by atoms with Crippen molar-refractivity contribution in [1.29, 1.82) is 0 Å². The van der Waals surface area contributed by atoms with Crippen LogP contribution in [0.15, 0.2) is 44.3 Å². The highest BCUT2D eigenvalue weighted by molar-refractivity contribution is 7.89. The number of halogens is 1. The number of methoxy groups -OCH3 is 1. The third-order valence-electron chi connectivity index (χ3n) is 6.98. The van der Waals surface area contributed by atoms with Gasteiger partial charge < -0.3 is 24.0 Å². The first kappa shape index (κ1) is 25.7. The summed E-state index contributed by atoms with van der Waals surface area (Å²) in [7, 11) is -2.89. The number of hydrogen-bond donors (Lipinski definition) is 1. The molecule has 3 aromatic rings. The summed E-state index contributed by atoms with van der Waals surface area (Å²) < 4.78 is 48.9.